The molecule has 27 heavy (non-hydrogen) atoms. The standard InChI is InChI=1S/C21H28N4O2/c1-16-4-6-17(7-5-16)23(2)18-14-21(27-15-18)9-12-25(13-10-21)20(26)19-8-11-22-24(19)3/h4-8,11,18H,9-10,12-15H2,1-3H3/t18-/m1/s1. The maximum absolute atomic E-state index is 12.7. The lowest BCUT2D eigenvalue weighted by molar-refractivity contribution is -0.0390. The van der Waals surface area contributed by atoms with Crippen molar-refractivity contribution in [1.82, 2.24) is 14.7 Å². The summed E-state index contributed by atoms with van der Waals surface area (Å²) in [5, 5.41) is 4.11. The second kappa shape index (κ2) is 7.00. The van der Waals surface area contributed by atoms with Gasteiger partial charge in [0.1, 0.15) is 5.69 Å². The summed E-state index contributed by atoms with van der Waals surface area (Å²) in [7, 11) is 3.96. The summed E-state index contributed by atoms with van der Waals surface area (Å²) < 4.78 is 7.95. The van der Waals surface area contributed by atoms with Gasteiger partial charge in [-0.15, -0.1) is 0 Å². The first-order valence-electron chi connectivity index (χ1n) is 9.68. The largest absolute Gasteiger partial charge is 0.373 e. The zero-order valence-electron chi connectivity index (χ0n) is 16.4. The Bertz CT molecular complexity index is 806. The molecule has 0 bridgehead atoms. The maximum atomic E-state index is 12.7. The molecule has 2 aliphatic heterocycles. The normalized spacial score (nSPS) is 21.6. The first kappa shape index (κ1) is 18.0. The average Bonchev–Trinajstić information content (AvgIpc) is 3.29. The molecular formula is C21H28N4O2. The molecule has 1 aromatic heterocycles. The summed E-state index contributed by atoms with van der Waals surface area (Å²) in [4.78, 5) is 17.0. The van der Waals surface area contributed by atoms with Crippen LogP contribution in [0.15, 0.2) is 36.5 Å². The Morgan fingerprint density at radius 1 is 1.22 bits per heavy atom. The number of nitrogens with zero attached hydrogens (tertiary/aromatic N) is 4. The lowest BCUT2D eigenvalue weighted by Gasteiger charge is -2.39. The number of hydrogen-bond donors (Lipinski definition) is 0. The molecule has 0 saturated carbocycles. The van der Waals surface area contributed by atoms with Gasteiger partial charge in [0, 0.05) is 39.1 Å². The minimum Gasteiger partial charge on any atom is -0.373 e. The number of likely N-dealkylation sites (tertiary alicyclic amines) is 1. The molecule has 3 heterocycles. The van der Waals surface area contributed by atoms with Crippen LogP contribution in [0.4, 0.5) is 5.69 Å². The second-order valence-corrected chi connectivity index (χ2v) is 7.93. The van der Waals surface area contributed by atoms with Crippen LogP contribution < -0.4 is 4.90 Å². The molecule has 6 heteroatoms. The van der Waals surface area contributed by atoms with Gasteiger partial charge in [-0.05, 0) is 44.4 Å². The van der Waals surface area contributed by atoms with E-state index in [-0.39, 0.29) is 11.5 Å². The first-order valence-corrected chi connectivity index (χ1v) is 9.68. The van der Waals surface area contributed by atoms with Crippen molar-refractivity contribution in [2.24, 2.45) is 7.05 Å². The number of amides is 1. The zero-order valence-corrected chi connectivity index (χ0v) is 16.4. The number of anilines is 1. The summed E-state index contributed by atoms with van der Waals surface area (Å²) in [6, 6.07) is 10.8. The van der Waals surface area contributed by atoms with E-state index in [9.17, 15) is 4.79 Å². The molecule has 0 aliphatic carbocycles. The van der Waals surface area contributed by atoms with E-state index in [0.29, 0.717) is 11.7 Å². The van der Waals surface area contributed by atoms with Crippen LogP contribution in [0.5, 0.6) is 0 Å². The fraction of sp³-hybridized carbons (Fsp3) is 0.524. The van der Waals surface area contributed by atoms with Crippen molar-refractivity contribution in [1.29, 1.82) is 0 Å². The van der Waals surface area contributed by atoms with Gasteiger partial charge in [0.05, 0.1) is 18.2 Å². The predicted octanol–water partition coefficient (Wildman–Crippen LogP) is 2.63. The third kappa shape index (κ3) is 3.46. The smallest absolute Gasteiger partial charge is 0.272 e. The number of piperidine rings is 1. The van der Waals surface area contributed by atoms with Crippen molar-refractivity contribution < 1.29 is 9.53 Å². The third-order valence-corrected chi connectivity index (χ3v) is 6.18. The summed E-state index contributed by atoms with van der Waals surface area (Å²) in [6.45, 7) is 4.34. The minimum atomic E-state index is -0.0904. The van der Waals surface area contributed by atoms with Crippen LogP contribution in [0.25, 0.3) is 0 Å². The first-order chi connectivity index (χ1) is 13.0. The van der Waals surface area contributed by atoms with E-state index >= 15 is 0 Å². The van der Waals surface area contributed by atoms with E-state index in [1.165, 1.54) is 11.3 Å². The van der Waals surface area contributed by atoms with Gasteiger partial charge in [0.25, 0.3) is 5.91 Å². The van der Waals surface area contributed by atoms with E-state index in [0.717, 1.165) is 39.0 Å². The maximum Gasteiger partial charge on any atom is 0.272 e. The highest BCUT2D eigenvalue weighted by molar-refractivity contribution is 5.92. The van der Waals surface area contributed by atoms with Crippen molar-refractivity contribution in [3.05, 3.63) is 47.8 Å². The molecule has 0 unspecified atom stereocenters. The van der Waals surface area contributed by atoms with Crippen LogP contribution >= 0.6 is 0 Å². The second-order valence-electron chi connectivity index (χ2n) is 7.93. The number of likely N-dealkylation sites (N-methyl/N-ethyl adjacent to an activating group) is 1. The fourth-order valence-corrected chi connectivity index (χ4v) is 4.27. The SMILES string of the molecule is Cc1ccc(N(C)[C@H]2COC3(CCN(C(=O)c4ccnn4C)CC3)C2)cc1. The number of carbonyl (C=O) groups excluding carboxylic acids is 1. The Morgan fingerprint density at radius 3 is 2.56 bits per heavy atom. The van der Waals surface area contributed by atoms with Gasteiger partial charge in [-0.1, -0.05) is 17.7 Å². The van der Waals surface area contributed by atoms with Crippen LogP contribution in [0.2, 0.25) is 0 Å². The van der Waals surface area contributed by atoms with Crippen molar-refractivity contribution in [2.75, 3.05) is 31.6 Å². The molecule has 1 spiro atoms. The van der Waals surface area contributed by atoms with E-state index in [1.54, 1.807) is 16.9 Å². The number of aryl methyl sites for hydroxylation is 2. The molecule has 2 aromatic rings. The van der Waals surface area contributed by atoms with E-state index < -0.39 is 0 Å². The van der Waals surface area contributed by atoms with Crippen molar-refractivity contribution in [3.63, 3.8) is 0 Å². The van der Waals surface area contributed by atoms with Gasteiger partial charge in [-0.25, -0.2) is 0 Å². The number of benzene rings is 1. The predicted molar refractivity (Wildman–Crippen MR) is 105 cm³/mol. The molecule has 144 valence electrons. The Balaban J connectivity index is 1.37. The average molecular weight is 368 g/mol. The molecule has 1 atom stereocenters. The third-order valence-electron chi connectivity index (χ3n) is 6.18. The highest BCUT2D eigenvalue weighted by atomic mass is 16.5. The quantitative estimate of drug-likeness (QED) is 0.836. The van der Waals surface area contributed by atoms with Crippen molar-refractivity contribution in [3.8, 4) is 0 Å². The monoisotopic (exact) mass is 368 g/mol. The van der Waals surface area contributed by atoms with Gasteiger partial charge in [0.2, 0.25) is 0 Å². The lowest BCUT2D eigenvalue weighted by atomic mass is 9.87. The molecule has 4 rings (SSSR count). The summed E-state index contributed by atoms with van der Waals surface area (Å²) in [5.41, 5.74) is 3.06. The molecule has 2 saturated heterocycles. The number of aromatic nitrogens is 2. The minimum absolute atomic E-state index is 0.0659. The van der Waals surface area contributed by atoms with Crippen LogP contribution in [-0.2, 0) is 11.8 Å². The summed E-state index contributed by atoms with van der Waals surface area (Å²) in [5.74, 6) is 0.0659. The Morgan fingerprint density at radius 2 is 1.93 bits per heavy atom. The van der Waals surface area contributed by atoms with Crippen LogP contribution in [0.3, 0.4) is 0 Å². The van der Waals surface area contributed by atoms with Gasteiger partial charge in [-0.3, -0.25) is 9.48 Å². The molecule has 2 aliphatic rings. The Kier molecular flexibility index (Phi) is 4.68. The van der Waals surface area contributed by atoms with Crippen LogP contribution in [0.1, 0.15) is 35.3 Å². The van der Waals surface area contributed by atoms with Gasteiger partial charge >= 0.3 is 0 Å². The van der Waals surface area contributed by atoms with E-state index in [2.05, 4.69) is 48.2 Å². The molecule has 6 nitrogen and oxygen atoms in total. The molecular weight excluding hydrogens is 340 g/mol. The van der Waals surface area contributed by atoms with Crippen molar-refractivity contribution in [2.45, 2.75) is 37.8 Å². The molecule has 1 amide bonds. The Hall–Kier alpha value is -2.34. The van der Waals surface area contributed by atoms with Gasteiger partial charge in [0.15, 0.2) is 0 Å². The molecule has 1 aromatic carbocycles. The zero-order chi connectivity index (χ0) is 19.0. The highest BCUT2D eigenvalue weighted by Crippen LogP contribution is 2.38. The number of ether oxygens (including phenoxy) is 1. The summed E-state index contributed by atoms with van der Waals surface area (Å²) in [6.07, 6.45) is 4.49. The number of rotatable bonds is 3. The van der Waals surface area contributed by atoms with E-state index in [1.807, 2.05) is 11.9 Å². The van der Waals surface area contributed by atoms with Crippen LogP contribution in [-0.4, -0.2) is 59.0 Å². The lowest BCUT2D eigenvalue weighted by Crippen LogP contribution is -2.47. The fourth-order valence-electron chi connectivity index (χ4n) is 4.27. The molecule has 0 radical (unpaired) electrons. The topological polar surface area (TPSA) is 50.6 Å². The Labute approximate surface area is 160 Å². The van der Waals surface area contributed by atoms with Gasteiger partial charge < -0.3 is 14.5 Å². The van der Waals surface area contributed by atoms with Crippen molar-refractivity contribution >= 4 is 11.6 Å². The van der Waals surface area contributed by atoms with E-state index in [4.69, 9.17) is 4.74 Å². The summed E-state index contributed by atoms with van der Waals surface area (Å²) >= 11 is 0. The number of carbonyl (C=O) groups is 1. The number of hydrogen-bond acceptors (Lipinski definition) is 4. The van der Waals surface area contributed by atoms with Crippen LogP contribution in [0, 0.1) is 6.92 Å². The van der Waals surface area contributed by atoms with Gasteiger partial charge in [-0.2, -0.15) is 5.10 Å². The molecule has 2 fully saturated rings. The molecule has 0 N–H and O–H groups in total. The highest BCUT2D eigenvalue weighted by Gasteiger charge is 2.44.